The van der Waals surface area contributed by atoms with Crippen molar-refractivity contribution in [3.8, 4) is 0 Å². The minimum atomic E-state index is -0.113. The Kier molecular flexibility index (Phi) is 8.25. The van der Waals surface area contributed by atoms with Gasteiger partial charge in [0.05, 0.1) is 0 Å². The van der Waals surface area contributed by atoms with Gasteiger partial charge in [-0.1, -0.05) is 19.3 Å². The van der Waals surface area contributed by atoms with E-state index in [0.29, 0.717) is 25.1 Å². The van der Waals surface area contributed by atoms with Gasteiger partial charge in [-0.3, -0.25) is 9.59 Å². The number of nitrogens with zero attached hydrogens (tertiary/aromatic N) is 1. The van der Waals surface area contributed by atoms with Gasteiger partial charge in [-0.2, -0.15) is 11.3 Å². The maximum Gasteiger partial charge on any atom is 0.252 e. The fourth-order valence-corrected chi connectivity index (χ4v) is 3.77. The molecular weight excluding hydrogens is 322 g/mol. The van der Waals surface area contributed by atoms with Crippen molar-refractivity contribution in [1.29, 1.82) is 0 Å². The van der Waals surface area contributed by atoms with Gasteiger partial charge in [0.2, 0.25) is 5.91 Å². The molecule has 6 heteroatoms. The molecule has 0 atom stereocenters. The monoisotopic (exact) mass is 351 g/mol. The smallest absolute Gasteiger partial charge is 0.252 e. The van der Waals surface area contributed by atoms with Crippen LogP contribution in [-0.4, -0.2) is 49.4 Å². The van der Waals surface area contributed by atoms with Gasteiger partial charge in [0.25, 0.3) is 5.91 Å². The van der Waals surface area contributed by atoms with E-state index < -0.39 is 0 Å². The zero-order chi connectivity index (χ0) is 17.2. The van der Waals surface area contributed by atoms with Crippen molar-refractivity contribution in [2.45, 2.75) is 51.0 Å². The molecule has 1 aliphatic carbocycles. The van der Waals surface area contributed by atoms with Crippen LogP contribution >= 0.6 is 11.3 Å². The quantitative estimate of drug-likeness (QED) is 0.672. The molecule has 1 aliphatic rings. The Morgan fingerprint density at radius 1 is 1.21 bits per heavy atom. The molecule has 1 aromatic heterocycles. The minimum Gasteiger partial charge on any atom is -0.356 e. The summed E-state index contributed by atoms with van der Waals surface area (Å²) in [6.45, 7) is 2.11. The average molecular weight is 352 g/mol. The van der Waals surface area contributed by atoms with Crippen molar-refractivity contribution >= 4 is 23.2 Å². The molecule has 1 saturated carbocycles. The van der Waals surface area contributed by atoms with Gasteiger partial charge in [0.15, 0.2) is 0 Å². The third kappa shape index (κ3) is 6.61. The normalized spacial score (nSPS) is 15.4. The van der Waals surface area contributed by atoms with Crippen LogP contribution in [0, 0.1) is 0 Å². The summed E-state index contributed by atoms with van der Waals surface area (Å²) in [5.41, 5.74) is 0.658. The highest BCUT2D eigenvalue weighted by molar-refractivity contribution is 7.08. The first-order valence-corrected chi connectivity index (χ1v) is 9.88. The van der Waals surface area contributed by atoms with Crippen molar-refractivity contribution in [2.24, 2.45) is 0 Å². The largest absolute Gasteiger partial charge is 0.356 e. The summed E-state index contributed by atoms with van der Waals surface area (Å²) in [6, 6.07) is 2.50. The molecule has 1 heterocycles. The van der Waals surface area contributed by atoms with Gasteiger partial charge in [-0.15, -0.1) is 0 Å². The summed E-state index contributed by atoms with van der Waals surface area (Å²) in [5, 5.41) is 9.37. The van der Waals surface area contributed by atoms with Crippen LogP contribution in [-0.2, 0) is 4.79 Å². The van der Waals surface area contributed by atoms with Crippen LogP contribution in [0.25, 0.3) is 0 Å². The lowest BCUT2D eigenvalue weighted by atomic mass is 9.94. The summed E-state index contributed by atoms with van der Waals surface area (Å²) in [5.74, 6) is -0.112. The van der Waals surface area contributed by atoms with Crippen LogP contribution < -0.4 is 10.6 Å². The van der Waals surface area contributed by atoms with Crippen LogP contribution in [0.2, 0.25) is 0 Å². The van der Waals surface area contributed by atoms with Gasteiger partial charge >= 0.3 is 0 Å². The van der Waals surface area contributed by atoms with Crippen molar-refractivity contribution in [3.05, 3.63) is 22.4 Å². The number of carbonyl (C=O) groups is 2. The Hall–Kier alpha value is -1.40. The van der Waals surface area contributed by atoms with E-state index in [1.165, 1.54) is 43.4 Å². The number of rotatable bonds is 9. The third-order valence-electron chi connectivity index (χ3n) is 4.63. The lowest BCUT2D eigenvalue weighted by Crippen LogP contribution is -2.36. The zero-order valence-corrected chi connectivity index (χ0v) is 15.4. The molecule has 1 fully saturated rings. The molecule has 0 spiro atoms. The molecule has 0 aromatic carbocycles. The summed E-state index contributed by atoms with van der Waals surface area (Å²) in [7, 11) is 2.19. The van der Waals surface area contributed by atoms with Crippen LogP contribution in [0.1, 0.15) is 55.3 Å². The SMILES string of the molecule is CN(CCCNC(=O)CCNC(=O)c1ccsc1)C1CCCCC1. The molecular formula is C18H29N3O2S. The van der Waals surface area contributed by atoms with Gasteiger partial charge in [0.1, 0.15) is 0 Å². The number of amides is 2. The molecule has 1 aromatic rings. The first-order chi connectivity index (χ1) is 11.7. The van der Waals surface area contributed by atoms with E-state index in [1.54, 1.807) is 11.4 Å². The second kappa shape index (κ2) is 10.5. The summed E-state index contributed by atoms with van der Waals surface area (Å²) in [4.78, 5) is 26.0. The van der Waals surface area contributed by atoms with E-state index in [4.69, 9.17) is 0 Å². The lowest BCUT2D eigenvalue weighted by molar-refractivity contribution is -0.120. The van der Waals surface area contributed by atoms with Crippen molar-refractivity contribution < 1.29 is 9.59 Å². The molecule has 24 heavy (non-hydrogen) atoms. The van der Waals surface area contributed by atoms with Crippen LogP contribution in [0.4, 0.5) is 0 Å². The number of hydrogen-bond acceptors (Lipinski definition) is 4. The Labute approximate surface area is 148 Å². The summed E-state index contributed by atoms with van der Waals surface area (Å²) in [6.07, 6.45) is 8.00. The predicted octanol–water partition coefficient (Wildman–Crippen LogP) is 2.64. The van der Waals surface area contributed by atoms with Gasteiger partial charge < -0.3 is 15.5 Å². The predicted molar refractivity (Wildman–Crippen MR) is 98.4 cm³/mol. The first kappa shape index (κ1) is 18.9. The van der Waals surface area contributed by atoms with E-state index in [9.17, 15) is 9.59 Å². The molecule has 2 amide bonds. The number of hydrogen-bond donors (Lipinski definition) is 2. The van der Waals surface area contributed by atoms with Crippen molar-refractivity contribution in [3.63, 3.8) is 0 Å². The van der Waals surface area contributed by atoms with E-state index in [-0.39, 0.29) is 11.8 Å². The highest BCUT2D eigenvalue weighted by atomic mass is 32.1. The van der Waals surface area contributed by atoms with Crippen molar-refractivity contribution in [1.82, 2.24) is 15.5 Å². The molecule has 2 N–H and O–H groups in total. The fraction of sp³-hybridized carbons (Fsp3) is 0.667. The Bertz CT molecular complexity index is 498. The van der Waals surface area contributed by atoms with Crippen LogP contribution in [0.5, 0.6) is 0 Å². The highest BCUT2D eigenvalue weighted by Crippen LogP contribution is 2.21. The molecule has 0 bridgehead atoms. The van der Waals surface area contributed by atoms with Crippen LogP contribution in [0.15, 0.2) is 16.8 Å². The Morgan fingerprint density at radius 2 is 2.00 bits per heavy atom. The fourth-order valence-electron chi connectivity index (χ4n) is 3.13. The Morgan fingerprint density at radius 3 is 2.71 bits per heavy atom. The molecule has 0 saturated heterocycles. The molecule has 0 aliphatic heterocycles. The van der Waals surface area contributed by atoms with Gasteiger partial charge in [-0.25, -0.2) is 0 Å². The Balaban J connectivity index is 1.49. The molecule has 0 radical (unpaired) electrons. The average Bonchev–Trinajstić information content (AvgIpc) is 3.14. The maximum absolute atomic E-state index is 11.8. The summed E-state index contributed by atoms with van der Waals surface area (Å²) >= 11 is 1.49. The topological polar surface area (TPSA) is 61.4 Å². The molecule has 134 valence electrons. The molecule has 0 unspecified atom stereocenters. The first-order valence-electron chi connectivity index (χ1n) is 8.94. The second-order valence-corrected chi connectivity index (χ2v) is 7.27. The van der Waals surface area contributed by atoms with Crippen molar-refractivity contribution in [2.75, 3.05) is 26.7 Å². The number of carbonyl (C=O) groups excluding carboxylic acids is 2. The highest BCUT2D eigenvalue weighted by Gasteiger charge is 2.17. The van der Waals surface area contributed by atoms with Crippen LogP contribution in [0.3, 0.4) is 0 Å². The standard InChI is InChI=1S/C18H29N3O2S/c1-21(16-6-3-2-4-7-16)12-5-10-19-17(22)8-11-20-18(23)15-9-13-24-14-15/h9,13-14,16H,2-8,10-12H2,1H3,(H,19,22)(H,20,23). The third-order valence-corrected chi connectivity index (χ3v) is 5.31. The maximum atomic E-state index is 11.8. The van der Waals surface area contributed by atoms with E-state index in [0.717, 1.165) is 19.0 Å². The minimum absolute atomic E-state index is 0.000869. The van der Waals surface area contributed by atoms with E-state index >= 15 is 0 Å². The number of thiophene rings is 1. The molecule has 5 nitrogen and oxygen atoms in total. The zero-order valence-electron chi connectivity index (χ0n) is 14.6. The van der Waals surface area contributed by atoms with E-state index in [2.05, 4.69) is 22.6 Å². The van der Waals surface area contributed by atoms with Gasteiger partial charge in [-0.05, 0) is 44.3 Å². The number of nitrogens with one attached hydrogen (secondary N) is 2. The second-order valence-electron chi connectivity index (χ2n) is 6.49. The van der Waals surface area contributed by atoms with E-state index in [1.807, 2.05) is 5.38 Å². The lowest BCUT2D eigenvalue weighted by Gasteiger charge is -2.31. The molecule has 2 rings (SSSR count). The summed E-state index contributed by atoms with van der Waals surface area (Å²) < 4.78 is 0. The van der Waals surface area contributed by atoms with Gasteiger partial charge in [0, 0.05) is 36.5 Å².